The molecule has 1 saturated carbocycles. The lowest BCUT2D eigenvalue weighted by Crippen LogP contribution is -2.37. The van der Waals surface area contributed by atoms with Crippen LogP contribution in [-0.2, 0) is 11.0 Å². The van der Waals surface area contributed by atoms with Crippen LogP contribution in [-0.4, -0.2) is 20.3 Å². The van der Waals surface area contributed by atoms with E-state index in [9.17, 15) is 0 Å². The second-order valence-electron chi connectivity index (χ2n) is 17.5. The molecule has 4 nitrogen and oxygen atoms in total. The Morgan fingerprint density at radius 1 is 0.683 bits per heavy atom. The summed E-state index contributed by atoms with van der Waals surface area (Å²) in [6.07, 6.45) is 9.17. The first-order valence-electron chi connectivity index (χ1n) is 21.5. The lowest BCUT2D eigenvalue weighted by Gasteiger charge is -2.44. The van der Waals surface area contributed by atoms with Gasteiger partial charge < -0.3 is 18.9 Å². The van der Waals surface area contributed by atoms with Gasteiger partial charge in [0.2, 0.25) is 0 Å². The molecule has 0 radical (unpaired) electrons. The highest BCUT2D eigenvalue weighted by Crippen LogP contribution is 2.64. The van der Waals surface area contributed by atoms with E-state index in [4.69, 9.17) is 18.9 Å². The number of methoxy groups -OCH3 is 1. The van der Waals surface area contributed by atoms with Crippen LogP contribution in [0.5, 0.6) is 23.0 Å². The molecule has 3 aliphatic rings. The molecule has 1 spiro atoms. The fourth-order valence-corrected chi connectivity index (χ4v) is 11.5. The van der Waals surface area contributed by atoms with E-state index in [1.54, 1.807) is 18.9 Å². The number of hydrogen-bond donors (Lipinski definition) is 0. The molecule has 0 aromatic heterocycles. The number of benzene rings is 7. The van der Waals surface area contributed by atoms with Crippen molar-refractivity contribution in [2.75, 3.05) is 20.3 Å². The van der Waals surface area contributed by atoms with Crippen molar-refractivity contribution in [2.24, 2.45) is 5.41 Å². The van der Waals surface area contributed by atoms with Gasteiger partial charge in [0.15, 0.2) is 5.60 Å². The summed E-state index contributed by atoms with van der Waals surface area (Å²) < 4.78 is 26.0. The summed E-state index contributed by atoms with van der Waals surface area (Å²) in [4.78, 5) is 2.33. The zero-order chi connectivity index (χ0) is 41.2. The molecule has 0 amide bonds. The van der Waals surface area contributed by atoms with Crippen LogP contribution >= 0.6 is 11.8 Å². The van der Waals surface area contributed by atoms with E-state index in [1.165, 1.54) is 54.4 Å². The number of hydrogen-bond acceptors (Lipinski definition) is 5. The molecule has 2 aliphatic carbocycles. The number of rotatable bonds is 9. The maximum Gasteiger partial charge on any atom is 0.178 e. The molecular weight excluding hydrogens is 757 g/mol. The van der Waals surface area contributed by atoms with Crippen molar-refractivity contribution < 1.29 is 18.9 Å². The molecule has 0 bridgehead atoms. The maximum absolute atomic E-state index is 7.81. The van der Waals surface area contributed by atoms with E-state index in [1.807, 2.05) is 13.8 Å². The van der Waals surface area contributed by atoms with Gasteiger partial charge in [-0.2, -0.15) is 0 Å². The van der Waals surface area contributed by atoms with Crippen LogP contribution in [0.3, 0.4) is 0 Å². The predicted molar refractivity (Wildman–Crippen MR) is 247 cm³/mol. The van der Waals surface area contributed by atoms with Gasteiger partial charge in [-0.1, -0.05) is 117 Å². The summed E-state index contributed by atoms with van der Waals surface area (Å²) in [7, 11) is 1.79. The van der Waals surface area contributed by atoms with E-state index in [0.29, 0.717) is 13.2 Å². The molecule has 0 N–H and O–H groups in total. The van der Waals surface area contributed by atoms with Crippen molar-refractivity contribution in [3.8, 4) is 34.1 Å². The maximum atomic E-state index is 7.81. The molecule has 302 valence electrons. The second-order valence-corrected chi connectivity index (χ2v) is 18.5. The minimum absolute atomic E-state index is 0.134. The van der Waals surface area contributed by atoms with Gasteiger partial charge in [-0.3, -0.25) is 0 Å². The molecule has 60 heavy (non-hydrogen) atoms. The van der Waals surface area contributed by atoms with Crippen LogP contribution in [0.15, 0.2) is 137 Å². The molecule has 0 saturated heterocycles. The number of aryl methyl sites for hydroxylation is 1. The Morgan fingerprint density at radius 3 is 2.00 bits per heavy atom. The number of fused-ring (bicyclic) bond motifs is 11. The van der Waals surface area contributed by atoms with Crippen LogP contribution in [0.4, 0.5) is 0 Å². The highest BCUT2D eigenvalue weighted by Gasteiger charge is 2.51. The summed E-state index contributed by atoms with van der Waals surface area (Å²) in [5, 5.41) is 4.73. The van der Waals surface area contributed by atoms with Gasteiger partial charge in [0.1, 0.15) is 23.0 Å². The van der Waals surface area contributed by atoms with Gasteiger partial charge >= 0.3 is 0 Å². The van der Waals surface area contributed by atoms with E-state index < -0.39 is 5.60 Å². The zero-order valence-electron chi connectivity index (χ0n) is 35.5. The largest absolute Gasteiger partial charge is 0.496 e. The average Bonchev–Trinajstić information content (AvgIpc) is 3.56. The molecule has 1 fully saturated rings. The third-order valence-corrected chi connectivity index (χ3v) is 14.7. The van der Waals surface area contributed by atoms with Gasteiger partial charge in [0.05, 0.1) is 25.2 Å². The van der Waals surface area contributed by atoms with Crippen molar-refractivity contribution in [1.29, 1.82) is 0 Å². The van der Waals surface area contributed by atoms with Crippen molar-refractivity contribution in [3.63, 3.8) is 0 Å². The topological polar surface area (TPSA) is 36.9 Å². The summed E-state index contributed by atoms with van der Waals surface area (Å²) >= 11 is 1.80. The van der Waals surface area contributed by atoms with Gasteiger partial charge in [-0.05, 0) is 138 Å². The monoisotopic (exact) mass is 808 g/mol. The molecule has 0 unspecified atom stereocenters. The third-order valence-electron chi connectivity index (χ3n) is 13.5. The van der Waals surface area contributed by atoms with Crippen LogP contribution < -0.4 is 18.9 Å². The van der Waals surface area contributed by atoms with Crippen molar-refractivity contribution in [3.05, 3.63) is 161 Å². The minimum atomic E-state index is -0.933. The molecule has 5 heteroatoms. The highest BCUT2D eigenvalue weighted by atomic mass is 32.2. The summed E-state index contributed by atoms with van der Waals surface area (Å²) in [5.41, 5.74) is 9.21. The fraction of sp³-hybridized carbons (Fsp3) is 0.273. The SMILES string of the molecule is CCOc1ccc(C2(c3ccc(OCC)cc3)C=Cc3c4c(c5cc(Sc6c(C)ccc7ccccc67)c(OC)cc5c3O2)-c2ccccc2C42CCC(C)(C)CC2)cc1. The summed E-state index contributed by atoms with van der Waals surface area (Å²) in [6, 6.07) is 43.8. The van der Waals surface area contributed by atoms with E-state index in [0.717, 1.165) is 70.1 Å². The standard InChI is InChI=1S/C55H52O4S/c1-7-57-39-23-19-37(20-24-39)55(38-21-25-40(26-22-38)58-8-2)28-27-43-50-49(42-15-11-12-16-46(42)54(50)31-29-53(4,5)30-32-54)44-34-48(47(56-6)33-45(44)51(43)59-55)60-52-35(3)17-18-36-13-9-10-14-41(36)52/h9-28,33-34H,7-8,29-32H2,1-6H3. The van der Waals surface area contributed by atoms with E-state index >= 15 is 0 Å². The third kappa shape index (κ3) is 6.11. The Labute approximate surface area is 358 Å². The molecule has 0 atom stereocenters. The first-order valence-corrected chi connectivity index (χ1v) is 22.3. The molecular formula is C55H52O4S. The zero-order valence-corrected chi connectivity index (χ0v) is 36.3. The lowest BCUT2D eigenvalue weighted by atomic mass is 9.60. The van der Waals surface area contributed by atoms with Crippen molar-refractivity contribution in [2.45, 2.75) is 81.1 Å². The molecule has 1 heterocycles. The highest BCUT2D eigenvalue weighted by molar-refractivity contribution is 7.99. The van der Waals surface area contributed by atoms with Gasteiger partial charge in [-0.15, -0.1) is 0 Å². The average molecular weight is 809 g/mol. The van der Waals surface area contributed by atoms with Gasteiger partial charge in [-0.25, -0.2) is 0 Å². The Bertz CT molecular complexity index is 2760. The van der Waals surface area contributed by atoms with Gasteiger partial charge in [0, 0.05) is 32.4 Å². The Morgan fingerprint density at radius 2 is 1.33 bits per heavy atom. The summed E-state index contributed by atoms with van der Waals surface area (Å²) in [6.45, 7) is 12.3. The molecule has 1 aliphatic heterocycles. The first-order chi connectivity index (χ1) is 29.2. The van der Waals surface area contributed by atoms with Crippen LogP contribution in [0, 0.1) is 12.3 Å². The van der Waals surface area contributed by atoms with Crippen LogP contribution in [0.1, 0.15) is 86.8 Å². The Hall–Kier alpha value is -5.65. The minimum Gasteiger partial charge on any atom is -0.496 e. The van der Waals surface area contributed by atoms with E-state index in [2.05, 4.69) is 154 Å². The first kappa shape index (κ1) is 38.5. The smallest absolute Gasteiger partial charge is 0.178 e. The van der Waals surface area contributed by atoms with E-state index in [-0.39, 0.29) is 10.8 Å². The van der Waals surface area contributed by atoms with Crippen LogP contribution in [0.25, 0.3) is 38.7 Å². The van der Waals surface area contributed by atoms with Crippen molar-refractivity contribution >= 4 is 39.4 Å². The van der Waals surface area contributed by atoms with Crippen LogP contribution in [0.2, 0.25) is 0 Å². The second kappa shape index (κ2) is 14.8. The lowest BCUT2D eigenvalue weighted by molar-refractivity contribution is 0.161. The molecule has 7 aromatic carbocycles. The summed E-state index contributed by atoms with van der Waals surface area (Å²) in [5.74, 6) is 3.39. The van der Waals surface area contributed by atoms with Crippen molar-refractivity contribution in [1.82, 2.24) is 0 Å². The predicted octanol–water partition coefficient (Wildman–Crippen LogP) is 14.5. The Balaban J connectivity index is 1.26. The number of ether oxygens (including phenoxy) is 4. The normalized spacial score (nSPS) is 16.6. The fourth-order valence-electron chi connectivity index (χ4n) is 10.3. The Kier molecular flexibility index (Phi) is 9.52. The quantitative estimate of drug-likeness (QED) is 0.145. The molecule has 10 rings (SSSR count). The van der Waals surface area contributed by atoms with Gasteiger partial charge in [0.25, 0.3) is 0 Å². The molecule has 7 aromatic rings.